The molecule has 2 fully saturated rings. The van der Waals surface area contributed by atoms with Crippen LogP contribution in [0.25, 0.3) is 0 Å². The lowest BCUT2D eigenvalue weighted by Gasteiger charge is -2.26. The number of hydrogen-bond acceptors (Lipinski definition) is 4. The lowest BCUT2D eigenvalue weighted by Crippen LogP contribution is -2.44. The smallest absolute Gasteiger partial charge is 0.236 e. The highest BCUT2D eigenvalue weighted by Gasteiger charge is 2.22. The van der Waals surface area contributed by atoms with E-state index in [1.165, 1.54) is 0 Å². The minimum atomic E-state index is 0.116. The third-order valence-electron chi connectivity index (χ3n) is 3.34. The molecule has 0 bridgehead atoms. The molecule has 0 atom stereocenters. The van der Waals surface area contributed by atoms with Crippen LogP contribution in [0.3, 0.4) is 0 Å². The summed E-state index contributed by atoms with van der Waals surface area (Å²) >= 11 is 0. The molecule has 1 aliphatic heterocycles. The molecule has 108 valence electrons. The SMILES string of the molecule is O=C(CCCNCC(=O)N1CCOCC1)NC1CC1. The van der Waals surface area contributed by atoms with Gasteiger partial charge in [0.25, 0.3) is 0 Å². The van der Waals surface area contributed by atoms with Gasteiger partial charge in [0.1, 0.15) is 0 Å². The van der Waals surface area contributed by atoms with E-state index in [1.807, 2.05) is 4.90 Å². The van der Waals surface area contributed by atoms with Crippen LogP contribution in [0.2, 0.25) is 0 Å². The van der Waals surface area contributed by atoms with Crippen LogP contribution in [-0.4, -0.2) is 62.1 Å². The molecule has 0 aromatic rings. The van der Waals surface area contributed by atoms with Crippen molar-refractivity contribution in [3.63, 3.8) is 0 Å². The van der Waals surface area contributed by atoms with Gasteiger partial charge in [-0.1, -0.05) is 0 Å². The van der Waals surface area contributed by atoms with E-state index in [0.29, 0.717) is 51.9 Å². The van der Waals surface area contributed by atoms with Crippen molar-refractivity contribution in [2.24, 2.45) is 0 Å². The summed E-state index contributed by atoms with van der Waals surface area (Å²) in [6.07, 6.45) is 3.56. The van der Waals surface area contributed by atoms with E-state index in [-0.39, 0.29) is 11.8 Å². The van der Waals surface area contributed by atoms with Crippen molar-refractivity contribution in [2.75, 3.05) is 39.4 Å². The van der Waals surface area contributed by atoms with Crippen LogP contribution in [0, 0.1) is 0 Å². The number of nitrogens with zero attached hydrogens (tertiary/aromatic N) is 1. The topological polar surface area (TPSA) is 70.7 Å². The maximum absolute atomic E-state index is 11.8. The van der Waals surface area contributed by atoms with Crippen molar-refractivity contribution in [2.45, 2.75) is 31.7 Å². The van der Waals surface area contributed by atoms with Crippen LogP contribution in [-0.2, 0) is 14.3 Å². The number of nitrogens with one attached hydrogen (secondary N) is 2. The standard InChI is InChI=1S/C13H23N3O3/c17-12(15-11-3-4-11)2-1-5-14-10-13(18)16-6-8-19-9-7-16/h11,14H,1-10H2,(H,15,17). The Morgan fingerprint density at radius 3 is 2.63 bits per heavy atom. The fourth-order valence-electron chi connectivity index (χ4n) is 2.02. The molecule has 2 N–H and O–H groups in total. The van der Waals surface area contributed by atoms with E-state index < -0.39 is 0 Å². The molecule has 1 aliphatic carbocycles. The highest BCUT2D eigenvalue weighted by Crippen LogP contribution is 2.18. The Hall–Kier alpha value is -1.14. The Morgan fingerprint density at radius 1 is 1.21 bits per heavy atom. The monoisotopic (exact) mass is 269 g/mol. The summed E-state index contributed by atoms with van der Waals surface area (Å²) in [5.74, 6) is 0.245. The molecular weight excluding hydrogens is 246 g/mol. The maximum atomic E-state index is 11.8. The van der Waals surface area contributed by atoms with Crippen molar-refractivity contribution < 1.29 is 14.3 Å². The van der Waals surface area contributed by atoms with E-state index in [4.69, 9.17) is 4.74 Å². The molecular formula is C13H23N3O3. The molecule has 6 nitrogen and oxygen atoms in total. The average molecular weight is 269 g/mol. The Morgan fingerprint density at radius 2 is 1.95 bits per heavy atom. The van der Waals surface area contributed by atoms with Gasteiger partial charge in [0.15, 0.2) is 0 Å². The Bertz CT molecular complexity index is 312. The fraction of sp³-hybridized carbons (Fsp3) is 0.846. The number of rotatable bonds is 7. The Balaban J connectivity index is 1.46. The minimum absolute atomic E-state index is 0.116. The van der Waals surface area contributed by atoms with Crippen molar-refractivity contribution in [1.82, 2.24) is 15.5 Å². The van der Waals surface area contributed by atoms with Gasteiger partial charge in [0.05, 0.1) is 19.8 Å². The first-order chi connectivity index (χ1) is 9.25. The van der Waals surface area contributed by atoms with Gasteiger partial charge in [-0.3, -0.25) is 9.59 Å². The number of hydrogen-bond donors (Lipinski definition) is 2. The van der Waals surface area contributed by atoms with Gasteiger partial charge in [-0.25, -0.2) is 0 Å². The molecule has 1 saturated carbocycles. The molecule has 2 amide bonds. The zero-order chi connectivity index (χ0) is 13.5. The zero-order valence-electron chi connectivity index (χ0n) is 11.3. The number of ether oxygens (including phenoxy) is 1. The van der Waals surface area contributed by atoms with E-state index in [0.717, 1.165) is 19.3 Å². The summed E-state index contributed by atoms with van der Waals surface area (Å²) in [7, 11) is 0. The number of carbonyl (C=O) groups is 2. The average Bonchev–Trinajstić information content (AvgIpc) is 3.23. The van der Waals surface area contributed by atoms with Gasteiger partial charge in [-0.05, 0) is 25.8 Å². The molecule has 6 heteroatoms. The first-order valence-corrected chi connectivity index (χ1v) is 7.11. The molecule has 0 spiro atoms. The minimum Gasteiger partial charge on any atom is -0.378 e. The first kappa shape index (κ1) is 14.3. The maximum Gasteiger partial charge on any atom is 0.236 e. The van der Waals surface area contributed by atoms with Gasteiger partial charge in [-0.15, -0.1) is 0 Å². The van der Waals surface area contributed by atoms with E-state index in [2.05, 4.69) is 10.6 Å². The predicted octanol–water partition coefficient (Wildman–Crippen LogP) is -0.506. The van der Waals surface area contributed by atoms with Crippen LogP contribution in [0.15, 0.2) is 0 Å². The van der Waals surface area contributed by atoms with Crippen molar-refractivity contribution >= 4 is 11.8 Å². The van der Waals surface area contributed by atoms with Gasteiger partial charge >= 0.3 is 0 Å². The first-order valence-electron chi connectivity index (χ1n) is 7.11. The van der Waals surface area contributed by atoms with Crippen molar-refractivity contribution in [3.05, 3.63) is 0 Å². The molecule has 1 saturated heterocycles. The molecule has 0 aromatic carbocycles. The van der Waals surface area contributed by atoms with Crippen LogP contribution in [0.1, 0.15) is 25.7 Å². The van der Waals surface area contributed by atoms with Gasteiger partial charge in [0, 0.05) is 25.6 Å². The summed E-state index contributed by atoms with van der Waals surface area (Å²) < 4.78 is 5.20. The summed E-state index contributed by atoms with van der Waals surface area (Å²) in [5.41, 5.74) is 0. The normalized spacial score (nSPS) is 19.3. The largest absolute Gasteiger partial charge is 0.378 e. The van der Waals surface area contributed by atoms with Gasteiger partial charge in [-0.2, -0.15) is 0 Å². The summed E-state index contributed by atoms with van der Waals surface area (Å²) in [6.45, 7) is 3.69. The molecule has 0 radical (unpaired) electrons. The second-order valence-corrected chi connectivity index (χ2v) is 5.12. The number of amides is 2. The summed E-state index contributed by atoms with van der Waals surface area (Å²) in [4.78, 5) is 25.0. The Kier molecular flexibility index (Phi) is 5.60. The predicted molar refractivity (Wildman–Crippen MR) is 70.7 cm³/mol. The van der Waals surface area contributed by atoms with Crippen molar-refractivity contribution in [3.8, 4) is 0 Å². The lowest BCUT2D eigenvalue weighted by atomic mass is 10.3. The third kappa shape index (κ3) is 5.57. The quantitative estimate of drug-likeness (QED) is 0.611. The van der Waals surface area contributed by atoms with Crippen LogP contribution in [0.4, 0.5) is 0 Å². The second-order valence-electron chi connectivity index (χ2n) is 5.12. The highest BCUT2D eigenvalue weighted by atomic mass is 16.5. The fourth-order valence-corrected chi connectivity index (χ4v) is 2.02. The van der Waals surface area contributed by atoms with Crippen molar-refractivity contribution in [1.29, 1.82) is 0 Å². The molecule has 2 aliphatic rings. The molecule has 0 unspecified atom stereocenters. The van der Waals surface area contributed by atoms with Crippen LogP contribution < -0.4 is 10.6 Å². The van der Waals surface area contributed by atoms with Gasteiger partial charge < -0.3 is 20.3 Å². The number of carbonyl (C=O) groups excluding carboxylic acids is 2. The van der Waals surface area contributed by atoms with Gasteiger partial charge in [0.2, 0.25) is 11.8 Å². The van der Waals surface area contributed by atoms with Crippen LogP contribution >= 0.6 is 0 Å². The van der Waals surface area contributed by atoms with E-state index in [9.17, 15) is 9.59 Å². The lowest BCUT2D eigenvalue weighted by molar-refractivity contribution is -0.134. The van der Waals surface area contributed by atoms with E-state index in [1.54, 1.807) is 0 Å². The second kappa shape index (κ2) is 7.45. The number of morpholine rings is 1. The van der Waals surface area contributed by atoms with Crippen LogP contribution in [0.5, 0.6) is 0 Å². The summed E-state index contributed by atoms with van der Waals surface area (Å²) in [6, 6.07) is 0.434. The third-order valence-corrected chi connectivity index (χ3v) is 3.34. The van der Waals surface area contributed by atoms with E-state index >= 15 is 0 Å². The highest BCUT2D eigenvalue weighted by molar-refractivity contribution is 5.78. The molecule has 1 heterocycles. The summed E-state index contributed by atoms with van der Waals surface area (Å²) in [5, 5.41) is 6.04. The zero-order valence-corrected chi connectivity index (χ0v) is 11.3. The Labute approximate surface area is 113 Å². The molecule has 19 heavy (non-hydrogen) atoms. The molecule has 0 aromatic heterocycles. The molecule has 2 rings (SSSR count).